The fraction of sp³-hybridized carbons (Fsp3) is 0.231. The second kappa shape index (κ2) is 10.1. The first-order valence-corrected chi connectivity index (χ1v) is 10.7. The van der Waals surface area contributed by atoms with Gasteiger partial charge in [0.25, 0.3) is 0 Å². The van der Waals surface area contributed by atoms with Crippen LogP contribution in [0.1, 0.15) is 28.3 Å². The van der Waals surface area contributed by atoms with Gasteiger partial charge < -0.3 is 20.7 Å². The Balaban J connectivity index is 1.47. The van der Waals surface area contributed by atoms with E-state index in [1.165, 1.54) is 5.56 Å². The monoisotopic (exact) mass is 429 g/mol. The molecule has 3 N–H and O–H groups in total. The molecule has 1 heterocycles. The van der Waals surface area contributed by atoms with Crippen molar-refractivity contribution in [2.75, 3.05) is 7.11 Å². The number of rotatable bonds is 7. The van der Waals surface area contributed by atoms with Crippen molar-refractivity contribution in [1.82, 2.24) is 16.0 Å². The van der Waals surface area contributed by atoms with Crippen molar-refractivity contribution in [3.63, 3.8) is 0 Å². The lowest BCUT2D eigenvalue weighted by atomic mass is 9.95. The molecule has 1 aliphatic heterocycles. The normalized spacial score (nSPS) is 15.8. The summed E-state index contributed by atoms with van der Waals surface area (Å²) in [5, 5.41) is 9.18. The summed E-state index contributed by atoms with van der Waals surface area (Å²) in [4.78, 5) is 26.2. The molecule has 0 spiro atoms. The smallest absolute Gasteiger partial charge is 0.247 e. The molecule has 2 amide bonds. The highest BCUT2D eigenvalue weighted by Gasteiger charge is 2.29. The van der Waals surface area contributed by atoms with Crippen LogP contribution in [-0.4, -0.2) is 25.0 Å². The van der Waals surface area contributed by atoms with Gasteiger partial charge in [-0.05, 0) is 29.2 Å². The molecule has 2 atom stereocenters. The van der Waals surface area contributed by atoms with Gasteiger partial charge in [0.1, 0.15) is 11.8 Å². The summed E-state index contributed by atoms with van der Waals surface area (Å²) < 4.78 is 5.37. The molecule has 164 valence electrons. The zero-order valence-electron chi connectivity index (χ0n) is 18.0. The lowest BCUT2D eigenvalue weighted by molar-refractivity contribution is -0.130. The van der Waals surface area contributed by atoms with Gasteiger partial charge >= 0.3 is 0 Å². The van der Waals surface area contributed by atoms with Crippen molar-refractivity contribution in [3.05, 3.63) is 101 Å². The van der Waals surface area contributed by atoms with E-state index >= 15 is 0 Å². The zero-order chi connectivity index (χ0) is 22.3. The molecule has 32 heavy (non-hydrogen) atoms. The van der Waals surface area contributed by atoms with Crippen LogP contribution in [0.15, 0.2) is 78.9 Å². The number of carbonyl (C=O) groups is 2. The first-order valence-electron chi connectivity index (χ1n) is 10.7. The Morgan fingerprint density at radius 2 is 1.66 bits per heavy atom. The van der Waals surface area contributed by atoms with Gasteiger partial charge in [-0.3, -0.25) is 9.59 Å². The van der Waals surface area contributed by atoms with Crippen molar-refractivity contribution < 1.29 is 14.3 Å². The average Bonchev–Trinajstić information content (AvgIpc) is 2.86. The van der Waals surface area contributed by atoms with Crippen LogP contribution >= 0.6 is 0 Å². The van der Waals surface area contributed by atoms with Crippen molar-refractivity contribution in [3.8, 4) is 5.75 Å². The minimum atomic E-state index is -0.794. The van der Waals surface area contributed by atoms with Crippen LogP contribution in [0.3, 0.4) is 0 Å². The zero-order valence-corrected chi connectivity index (χ0v) is 18.0. The van der Waals surface area contributed by atoms with Crippen molar-refractivity contribution in [2.24, 2.45) is 0 Å². The van der Waals surface area contributed by atoms with Gasteiger partial charge in [0.05, 0.1) is 13.2 Å². The van der Waals surface area contributed by atoms with E-state index in [9.17, 15) is 9.59 Å². The first kappa shape index (κ1) is 21.6. The summed E-state index contributed by atoms with van der Waals surface area (Å²) in [5.74, 6) is 0.241. The molecule has 0 aliphatic carbocycles. The van der Waals surface area contributed by atoms with Crippen LogP contribution in [0.4, 0.5) is 0 Å². The summed E-state index contributed by atoms with van der Waals surface area (Å²) in [6.07, 6.45) is 0.590. The third-order valence-corrected chi connectivity index (χ3v) is 5.73. The Kier molecular flexibility index (Phi) is 6.82. The minimum absolute atomic E-state index is 0.194. The lowest BCUT2D eigenvalue weighted by Gasteiger charge is -2.27. The largest absolute Gasteiger partial charge is 0.496 e. The van der Waals surface area contributed by atoms with Gasteiger partial charge in [0.15, 0.2) is 0 Å². The predicted molar refractivity (Wildman–Crippen MR) is 123 cm³/mol. The molecule has 0 saturated heterocycles. The van der Waals surface area contributed by atoms with E-state index < -0.39 is 12.1 Å². The van der Waals surface area contributed by atoms with E-state index in [1.807, 2.05) is 72.8 Å². The van der Waals surface area contributed by atoms with Gasteiger partial charge in [-0.1, -0.05) is 72.8 Å². The highest BCUT2D eigenvalue weighted by Crippen LogP contribution is 2.20. The third kappa shape index (κ3) is 4.98. The molecule has 6 heteroatoms. The number of ether oxygens (including phenoxy) is 1. The standard InChI is InChI=1S/C26H27N3O3/c1-32-23-14-8-7-13-21(23)17-28-26(31)24(18-9-3-2-4-10-18)29-25(30)22-15-19-11-5-6-12-20(19)16-27-22/h2-14,22,24,27H,15-17H2,1H3,(H,28,31)(H,29,30)/t22-,24-/m1/s1. The number of carbonyl (C=O) groups excluding carboxylic acids is 2. The van der Waals surface area contributed by atoms with Crippen molar-refractivity contribution in [2.45, 2.75) is 31.6 Å². The summed E-state index contributed by atoms with van der Waals surface area (Å²) >= 11 is 0. The summed E-state index contributed by atoms with van der Waals surface area (Å²) in [6, 6.07) is 23.7. The SMILES string of the molecule is COc1ccccc1CNC(=O)[C@H](NC(=O)[C@H]1Cc2ccccc2CN1)c1ccccc1. The molecule has 1 aliphatic rings. The summed E-state index contributed by atoms with van der Waals surface area (Å²) in [6.45, 7) is 0.932. The molecule has 4 rings (SSSR count). The molecule has 0 unspecified atom stereocenters. The van der Waals surface area contributed by atoms with E-state index in [2.05, 4.69) is 22.0 Å². The van der Waals surface area contributed by atoms with Crippen LogP contribution in [0, 0.1) is 0 Å². The Morgan fingerprint density at radius 3 is 2.44 bits per heavy atom. The second-order valence-electron chi connectivity index (χ2n) is 7.79. The Labute approximate surface area is 188 Å². The maximum absolute atomic E-state index is 13.1. The Morgan fingerprint density at radius 1 is 0.969 bits per heavy atom. The molecule has 0 fully saturated rings. The highest BCUT2D eigenvalue weighted by atomic mass is 16.5. The summed E-state index contributed by atoms with van der Waals surface area (Å²) in [5.41, 5.74) is 3.95. The number of methoxy groups -OCH3 is 1. The van der Waals surface area contributed by atoms with Gasteiger partial charge in [0.2, 0.25) is 11.8 Å². The van der Waals surface area contributed by atoms with Gasteiger partial charge in [-0.2, -0.15) is 0 Å². The van der Waals surface area contributed by atoms with Crippen LogP contribution in [0.25, 0.3) is 0 Å². The number of amides is 2. The summed E-state index contributed by atoms with van der Waals surface area (Å²) in [7, 11) is 1.60. The predicted octanol–water partition coefficient (Wildman–Crippen LogP) is 2.88. The number of hydrogen-bond donors (Lipinski definition) is 3. The quantitative estimate of drug-likeness (QED) is 0.540. The highest BCUT2D eigenvalue weighted by molar-refractivity contribution is 5.91. The molecule has 0 bridgehead atoms. The van der Waals surface area contributed by atoms with Gasteiger partial charge in [-0.15, -0.1) is 0 Å². The molecule has 0 radical (unpaired) electrons. The molecule has 3 aromatic rings. The van der Waals surface area contributed by atoms with E-state index in [1.54, 1.807) is 7.11 Å². The Hall–Kier alpha value is -3.64. The second-order valence-corrected chi connectivity index (χ2v) is 7.79. The van der Waals surface area contributed by atoms with E-state index in [-0.39, 0.29) is 11.8 Å². The number of para-hydroxylation sites is 1. The molecule has 3 aromatic carbocycles. The van der Waals surface area contributed by atoms with Crippen LogP contribution in [0.2, 0.25) is 0 Å². The first-order chi connectivity index (χ1) is 15.7. The fourth-order valence-electron chi connectivity index (χ4n) is 3.96. The van der Waals surface area contributed by atoms with Crippen LogP contribution in [-0.2, 0) is 29.1 Å². The maximum atomic E-state index is 13.1. The van der Waals surface area contributed by atoms with Crippen LogP contribution < -0.4 is 20.7 Å². The van der Waals surface area contributed by atoms with Crippen molar-refractivity contribution in [1.29, 1.82) is 0 Å². The molecule has 6 nitrogen and oxygen atoms in total. The van der Waals surface area contributed by atoms with E-state index in [0.29, 0.717) is 25.3 Å². The van der Waals surface area contributed by atoms with E-state index in [0.717, 1.165) is 16.7 Å². The van der Waals surface area contributed by atoms with Gasteiger partial charge in [0, 0.05) is 18.7 Å². The number of hydrogen-bond acceptors (Lipinski definition) is 4. The third-order valence-electron chi connectivity index (χ3n) is 5.73. The minimum Gasteiger partial charge on any atom is -0.496 e. The van der Waals surface area contributed by atoms with Crippen LogP contribution in [0.5, 0.6) is 5.75 Å². The number of fused-ring (bicyclic) bond motifs is 1. The molecule has 0 saturated carbocycles. The topological polar surface area (TPSA) is 79.5 Å². The average molecular weight is 430 g/mol. The number of nitrogens with one attached hydrogen (secondary N) is 3. The molecular weight excluding hydrogens is 402 g/mol. The number of benzene rings is 3. The molecule has 0 aromatic heterocycles. The lowest BCUT2D eigenvalue weighted by Crippen LogP contribution is -2.50. The van der Waals surface area contributed by atoms with Gasteiger partial charge in [-0.25, -0.2) is 0 Å². The van der Waals surface area contributed by atoms with E-state index in [4.69, 9.17) is 4.74 Å². The molecular formula is C26H27N3O3. The van der Waals surface area contributed by atoms with Crippen molar-refractivity contribution >= 4 is 11.8 Å². The maximum Gasteiger partial charge on any atom is 0.247 e. The fourth-order valence-corrected chi connectivity index (χ4v) is 3.96. The Bertz CT molecular complexity index is 1080.